The molecule has 0 unspecified atom stereocenters. The Kier molecular flexibility index (Phi) is 4.33. The first kappa shape index (κ1) is 14.8. The highest BCUT2D eigenvalue weighted by atomic mass is 16.5. The van der Waals surface area contributed by atoms with Crippen molar-refractivity contribution < 1.29 is 9.32 Å². The van der Waals surface area contributed by atoms with Gasteiger partial charge in [-0.1, -0.05) is 53.7 Å². The number of anilines is 1. The summed E-state index contributed by atoms with van der Waals surface area (Å²) in [5.41, 5.74) is 1.61. The SMILES string of the molecule is CN(Cc1nc(-c2ccccc2)no1)C(=O)Nc1ccccc1. The molecule has 0 saturated carbocycles. The maximum Gasteiger partial charge on any atom is 0.322 e. The normalized spacial score (nSPS) is 10.3. The number of rotatable bonds is 4. The quantitative estimate of drug-likeness (QED) is 0.802. The first-order valence-corrected chi connectivity index (χ1v) is 7.17. The van der Waals surface area contributed by atoms with E-state index in [-0.39, 0.29) is 12.6 Å². The van der Waals surface area contributed by atoms with E-state index < -0.39 is 0 Å². The van der Waals surface area contributed by atoms with Gasteiger partial charge < -0.3 is 14.7 Å². The van der Waals surface area contributed by atoms with E-state index in [0.717, 1.165) is 11.3 Å². The smallest absolute Gasteiger partial charge is 0.322 e. The lowest BCUT2D eigenvalue weighted by molar-refractivity contribution is 0.213. The van der Waals surface area contributed by atoms with Crippen LogP contribution < -0.4 is 5.32 Å². The lowest BCUT2D eigenvalue weighted by atomic mass is 10.2. The van der Waals surface area contributed by atoms with Gasteiger partial charge >= 0.3 is 6.03 Å². The Morgan fingerprint density at radius 3 is 2.43 bits per heavy atom. The number of urea groups is 1. The van der Waals surface area contributed by atoms with E-state index >= 15 is 0 Å². The highest BCUT2D eigenvalue weighted by Crippen LogP contribution is 2.15. The molecule has 0 bridgehead atoms. The maximum absolute atomic E-state index is 12.1. The third-order valence-corrected chi connectivity index (χ3v) is 3.24. The molecule has 2 amide bonds. The Hall–Kier alpha value is -3.15. The predicted molar refractivity (Wildman–Crippen MR) is 86.7 cm³/mol. The molecular weight excluding hydrogens is 292 g/mol. The summed E-state index contributed by atoms with van der Waals surface area (Å²) in [5, 5.41) is 6.74. The van der Waals surface area contributed by atoms with E-state index in [4.69, 9.17) is 4.52 Å². The van der Waals surface area contributed by atoms with E-state index in [1.807, 2.05) is 60.7 Å². The number of nitrogens with zero attached hydrogens (tertiary/aromatic N) is 3. The lowest BCUT2D eigenvalue weighted by Gasteiger charge is -2.15. The third kappa shape index (κ3) is 3.74. The third-order valence-electron chi connectivity index (χ3n) is 3.24. The molecule has 0 saturated heterocycles. The Morgan fingerprint density at radius 2 is 1.74 bits per heavy atom. The molecule has 23 heavy (non-hydrogen) atoms. The highest BCUT2D eigenvalue weighted by molar-refractivity contribution is 5.88. The second-order valence-electron chi connectivity index (χ2n) is 5.03. The molecule has 0 radical (unpaired) electrons. The Balaban J connectivity index is 1.63. The summed E-state index contributed by atoms with van der Waals surface area (Å²) in [6.45, 7) is 0.235. The number of carbonyl (C=O) groups excluding carboxylic acids is 1. The van der Waals surface area contributed by atoms with Crippen molar-refractivity contribution in [3.8, 4) is 11.4 Å². The number of carbonyl (C=O) groups is 1. The Morgan fingerprint density at radius 1 is 1.09 bits per heavy atom. The van der Waals surface area contributed by atoms with Crippen LogP contribution in [0.4, 0.5) is 10.5 Å². The lowest BCUT2D eigenvalue weighted by Crippen LogP contribution is -2.30. The van der Waals surface area contributed by atoms with Crippen LogP contribution in [0, 0.1) is 0 Å². The van der Waals surface area contributed by atoms with Gasteiger partial charge in [0.25, 0.3) is 0 Å². The molecule has 3 aromatic rings. The molecule has 116 valence electrons. The fourth-order valence-electron chi connectivity index (χ4n) is 2.04. The van der Waals surface area contributed by atoms with E-state index in [0.29, 0.717) is 11.7 Å². The van der Waals surface area contributed by atoms with E-state index in [9.17, 15) is 4.79 Å². The van der Waals surface area contributed by atoms with Gasteiger partial charge in [-0.15, -0.1) is 0 Å². The number of hydrogen-bond acceptors (Lipinski definition) is 4. The summed E-state index contributed by atoms with van der Waals surface area (Å²) in [7, 11) is 1.67. The summed E-state index contributed by atoms with van der Waals surface area (Å²) < 4.78 is 5.21. The van der Waals surface area contributed by atoms with E-state index in [1.54, 1.807) is 7.05 Å². The molecule has 3 rings (SSSR count). The number of hydrogen-bond donors (Lipinski definition) is 1. The molecule has 1 N–H and O–H groups in total. The van der Waals surface area contributed by atoms with Crippen molar-refractivity contribution in [2.75, 3.05) is 12.4 Å². The standard InChI is InChI=1S/C17H16N4O2/c1-21(17(22)18-14-10-6-3-7-11-14)12-15-19-16(20-23-15)13-8-4-2-5-9-13/h2-11H,12H2,1H3,(H,18,22). The van der Waals surface area contributed by atoms with Crippen molar-refractivity contribution in [1.82, 2.24) is 15.0 Å². The molecule has 1 heterocycles. The molecule has 0 aliphatic heterocycles. The first-order chi connectivity index (χ1) is 11.2. The first-order valence-electron chi connectivity index (χ1n) is 7.17. The number of amides is 2. The van der Waals surface area contributed by atoms with Crippen LogP contribution >= 0.6 is 0 Å². The van der Waals surface area contributed by atoms with Crippen molar-refractivity contribution >= 4 is 11.7 Å². The van der Waals surface area contributed by atoms with Gasteiger partial charge in [0, 0.05) is 18.3 Å². The van der Waals surface area contributed by atoms with Gasteiger partial charge in [0.15, 0.2) is 0 Å². The maximum atomic E-state index is 12.1. The van der Waals surface area contributed by atoms with Crippen molar-refractivity contribution in [3.05, 3.63) is 66.6 Å². The van der Waals surface area contributed by atoms with Crippen molar-refractivity contribution in [2.45, 2.75) is 6.54 Å². The molecule has 0 aliphatic carbocycles. The van der Waals surface area contributed by atoms with Crippen LogP contribution in [0.25, 0.3) is 11.4 Å². The average Bonchev–Trinajstić information content (AvgIpc) is 3.05. The van der Waals surface area contributed by atoms with Gasteiger partial charge in [0.2, 0.25) is 11.7 Å². The summed E-state index contributed by atoms with van der Waals surface area (Å²) in [5.74, 6) is 0.895. The zero-order chi connectivity index (χ0) is 16.1. The van der Waals surface area contributed by atoms with Crippen LogP contribution in [0.3, 0.4) is 0 Å². The molecule has 2 aromatic carbocycles. The molecule has 6 nitrogen and oxygen atoms in total. The second-order valence-corrected chi connectivity index (χ2v) is 5.03. The zero-order valence-corrected chi connectivity index (χ0v) is 12.6. The predicted octanol–water partition coefficient (Wildman–Crippen LogP) is 3.40. The van der Waals surface area contributed by atoms with Gasteiger partial charge in [-0.2, -0.15) is 4.98 Å². The average molecular weight is 308 g/mol. The molecule has 0 fully saturated rings. The van der Waals surface area contributed by atoms with Gasteiger partial charge in [-0.3, -0.25) is 0 Å². The minimum atomic E-state index is -0.240. The van der Waals surface area contributed by atoms with Crippen molar-refractivity contribution in [2.24, 2.45) is 0 Å². The summed E-state index contributed by atoms with van der Waals surface area (Å²) in [6.07, 6.45) is 0. The summed E-state index contributed by atoms with van der Waals surface area (Å²) in [4.78, 5) is 17.9. The topological polar surface area (TPSA) is 71.3 Å². The second kappa shape index (κ2) is 6.74. The van der Waals surface area contributed by atoms with Gasteiger partial charge in [-0.05, 0) is 12.1 Å². The van der Waals surface area contributed by atoms with E-state index in [2.05, 4.69) is 15.5 Å². The number of para-hydroxylation sites is 1. The number of benzene rings is 2. The van der Waals surface area contributed by atoms with Crippen molar-refractivity contribution in [1.29, 1.82) is 0 Å². The van der Waals surface area contributed by atoms with Crippen LogP contribution in [0.5, 0.6) is 0 Å². The summed E-state index contributed by atoms with van der Waals surface area (Å²) >= 11 is 0. The van der Waals surface area contributed by atoms with Crippen LogP contribution in [-0.2, 0) is 6.54 Å². The minimum Gasteiger partial charge on any atom is -0.337 e. The monoisotopic (exact) mass is 308 g/mol. The number of nitrogens with one attached hydrogen (secondary N) is 1. The largest absolute Gasteiger partial charge is 0.337 e. The summed E-state index contributed by atoms with van der Waals surface area (Å²) in [6, 6.07) is 18.6. The van der Waals surface area contributed by atoms with Crippen LogP contribution in [0.2, 0.25) is 0 Å². The highest BCUT2D eigenvalue weighted by Gasteiger charge is 2.14. The van der Waals surface area contributed by atoms with Gasteiger partial charge in [-0.25, -0.2) is 4.79 Å². The zero-order valence-electron chi connectivity index (χ0n) is 12.6. The Bertz CT molecular complexity index is 772. The number of aromatic nitrogens is 2. The molecular formula is C17H16N4O2. The molecule has 0 spiro atoms. The molecule has 6 heteroatoms. The van der Waals surface area contributed by atoms with E-state index in [1.165, 1.54) is 4.90 Å². The van der Waals surface area contributed by atoms with Crippen LogP contribution in [0.15, 0.2) is 65.2 Å². The van der Waals surface area contributed by atoms with Gasteiger partial charge in [0.05, 0.1) is 0 Å². The minimum absolute atomic E-state index is 0.235. The van der Waals surface area contributed by atoms with Crippen molar-refractivity contribution in [3.63, 3.8) is 0 Å². The van der Waals surface area contributed by atoms with Crippen LogP contribution in [0.1, 0.15) is 5.89 Å². The molecule has 1 aromatic heterocycles. The van der Waals surface area contributed by atoms with Crippen LogP contribution in [-0.4, -0.2) is 28.1 Å². The molecule has 0 aliphatic rings. The molecule has 0 atom stereocenters. The fourth-order valence-corrected chi connectivity index (χ4v) is 2.04. The fraction of sp³-hybridized carbons (Fsp3) is 0.118. The Labute approximate surface area is 133 Å². The van der Waals surface area contributed by atoms with Gasteiger partial charge in [0.1, 0.15) is 6.54 Å².